The topological polar surface area (TPSA) is 47.0 Å². The minimum atomic E-state index is 0.427. The maximum absolute atomic E-state index is 5.39. The number of nitrogens with one attached hydrogen (secondary N) is 1. The quantitative estimate of drug-likeness (QED) is 0.789. The first kappa shape index (κ1) is 10.9. The van der Waals surface area contributed by atoms with Gasteiger partial charge in [0.25, 0.3) is 0 Å². The van der Waals surface area contributed by atoms with Gasteiger partial charge in [0.1, 0.15) is 0 Å². The van der Waals surface area contributed by atoms with Crippen LogP contribution in [-0.4, -0.2) is 22.6 Å². The predicted octanol–water partition coefficient (Wildman–Crippen LogP) is 2.31. The highest BCUT2D eigenvalue weighted by molar-refractivity contribution is 5.32. The van der Waals surface area contributed by atoms with Crippen molar-refractivity contribution < 1.29 is 4.74 Å². The van der Waals surface area contributed by atoms with E-state index in [1.807, 2.05) is 19.9 Å². The highest BCUT2D eigenvalue weighted by Crippen LogP contribution is 2.17. The van der Waals surface area contributed by atoms with Crippen LogP contribution < -0.4 is 10.1 Å². The number of aromatic nitrogens is 2. The van der Waals surface area contributed by atoms with Crippen LogP contribution in [0.1, 0.15) is 25.5 Å². The van der Waals surface area contributed by atoms with E-state index in [2.05, 4.69) is 27.4 Å². The summed E-state index contributed by atoms with van der Waals surface area (Å²) in [5, 5.41) is 3.32. The molecule has 86 valence electrons. The minimum absolute atomic E-state index is 0.427. The molecule has 0 saturated heterocycles. The van der Waals surface area contributed by atoms with Gasteiger partial charge in [0, 0.05) is 17.8 Å². The van der Waals surface area contributed by atoms with Crippen molar-refractivity contribution in [2.45, 2.75) is 32.7 Å². The fourth-order valence-corrected chi connectivity index (χ4v) is 1.74. The van der Waals surface area contributed by atoms with Crippen LogP contribution in [0.25, 0.3) is 0 Å². The molecule has 0 radical (unpaired) electrons. The number of hydrogen-bond acceptors (Lipinski definition) is 4. The zero-order chi connectivity index (χ0) is 11.4. The van der Waals surface area contributed by atoms with Crippen molar-refractivity contribution in [2.75, 3.05) is 11.9 Å². The normalized spacial score (nSPS) is 15.4. The van der Waals surface area contributed by atoms with E-state index in [0.717, 1.165) is 18.5 Å². The van der Waals surface area contributed by atoms with Gasteiger partial charge in [-0.3, -0.25) is 0 Å². The second-order valence-corrected chi connectivity index (χ2v) is 3.89. The van der Waals surface area contributed by atoms with Crippen LogP contribution in [0.4, 0.5) is 5.95 Å². The van der Waals surface area contributed by atoms with Gasteiger partial charge in [-0.2, -0.15) is 4.98 Å². The zero-order valence-corrected chi connectivity index (χ0v) is 9.73. The minimum Gasteiger partial charge on any atom is -0.478 e. The molecule has 0 aliphatic heterocycles. The van der Waals surface area contributed by atoms with Gasteiger partial charge in [-0.1, -0.05) is 12.2 Å². The van der Waals surface area contributed by atoms with E-state index in [1.165, 1.54) is 0 Å². The van der Waals surface area contributed by atoms with Gasteiger partial charge in [-0.25, -0.2) is 4.98 Å². The number of hydrogen-bond donors (Lipinski definition) is 1. The number of nitrogens with zero attached hydrogens (tertiary/aromatic N) is 2. The Morgan fingerprint density at radius 1 is 1.38 bits per heavy atom. The van der Waals surface area contributed by atoms with Crippen molar-refractivity contribution in [1.29, 1.82) is 0 Å². The number of aryl methyl sites for hydroxylation is 1. The monoisotopic (exact) mass is 219 g/mol. The first-order valence-electron chi connectivity index (χ1n) is 5.68. The highest BCUT2D eigenvalue weighted by atomic mass is 16.5. The Kier molecular flexibility index (Phi) is 3.39. The van der Waals surface area contributed by atoms with Crippen LogP contribution >= 0.6 is 0 Å². The first-order valence-corrected chi connectivity index (χ1v) is 5.68. The Balaban J connectivity index is 2.07. The molecule has 0 bridgehead atoms. The average molecular weight is 219 g/mol. The molecule has 0 unspecified atom stereocenters. The molecule has 0 fully saturated rings. The molecule has 1 aliphatic carbocycles. The van der Waals surface area contributed by atoms with Crippen LogP contribution in [0, 0.1) is 6.92 Å². The molecule has 1 aromatic rings. The molecule has 4 heteroatoms. The standard InChI is InChI=1S/C12H17N3O/c1-3-16-11-8-9(2)13-12(15-11)14-10-6-4-5-7-10/h4-5,8,10H,3,6-7H2,1-2H3,(H,13,14,15). The molecule has 0 saturated carbocycles. The Morgan fingerprint density at radius 3 is 2.81 bits per heavy atom. The number of anilines is 1. The van der Waals surface area contributed by atoms with Crippen LogP contribution in [0.15, 0.2) is 18.2 Å². The Hall–Kier alpha value is -1.58. The lowest BCUT2D eigenvalue weighted by molar-refractivity contribution is 0.326. The van der Waals surface area contributed by atoms with E-state index in [9.17, 15) is 0 Å². The van der Waals surface area contributed by atoms with Crippen LogP contribution in [0.2, 0.25) is 0 Å². The Bertz CT molecular complexity index is 382. The molecular weight excluding hydrogens is 202 g/mol. The Morgan fingerprint density at radius 2 is 2.12 bits per heavy atom. The molecule has 1 heterocycles. The summed E-state index contributed by atoms with van der Waals surface area (Å²) in [5.74, 6) is 1.31. The van der Waals surface area contributed by atoms with Crippen LogP contribution in [0.5, 0.6) is 5.88 Å². The van der Waals surface area contributed by atoms with Crippen molar-refractivity contribution in [3.05, 3.63) is 23.9 Å². The van der Waals surface area contributed by atoms with Gasteiger partial charge in [-0.15, -0.1) is 0 Å². The lowest BCUT2D eigenvalue weighted by Crippen LogP contribution is -2.17. The maximum Gasteiger partial charge on any atom is 0.226 e. The molecule has 1 aliphatic rings. The second-order valence-electron chi connectivity index (χ2n) is 3.89. The average Bonchev–Trinajstić information content (AvgIpc) is 2.70. The van der Waals surface area contributed by atoms with E-state index in [4.69, 9.17) is 4.74 Å². The summed E-state index contributed by atoms with van der Waals surface area (Å²) in [6, 6.07) is 2.28. The Labute approximate surface area is 95.8 Å². The summed E-state index contributed by atoms with van der Waals surface area (Å²) < 4.78 is 5.39. The van der Waals surface area contributed by atoms with Crippen molar-refractivity contribution in [1.82, 2.24) is 9.97 Å². The molecule has 2 rings (SSSR count). The predicted molar refractivity (Wildman–Crippen MR) is 63.7 cm³/mol. The van der Waals surface area contributed by atoms with Crippen molar-refractivity contribution in [2.24, 2.45) is 0 Å². The third kappa shape index (κ3) is 2.72. The third-order valence-corrected chi connectivity index (χ3v) is 2.46. The smallest absolute Gasteiger partial charge is 0.226 e. The van der Waals surface area contributed by atoms with Crippen LogP contribution in [-0.2, 0) is 0 Å². The summed E-state index contributed by atoms with van der Waals surface area (Å²) in [6.45, 7) is 4.52. The number of rotatable bonds is 4. The van der Waals surface area contributed by atoms with Gasteiger partial charge in [0.05, 0.1) is 6.61 Å². The molecule has 16 heavy (non-hydrogen) atoms. The molecule has 0 spiro atoms. The largest absolute Gasteiger partial charge is 0.478 e. The van der Waals surface area contributed by atoms with E-state index < -0.39 is 0 Å². The van der Waals surface area contributed by atoms with Crippen molar-refractivity contribution in [3.63, 3.8) is 0 Å². The summed E-state index contributed by atoms with van der Waals surface area (Å²) in [5.41, 5.74) is 0.923. The molecule has 4 nitrogen and oxygen atoms in total. The molecule has 0 aromatic carbocycles. The fourth-order valence-electron chi connectivity index (χ4n) is 1.74. The molecule has 0 atom stereocenters. The third-order valence-electron chi connectivity index (χ3n) is 2.46. The van der Waals surface area contributed by atoms with Crippen molar-refractivity contribution >= 4 is 5.95 Å². The van der Waals surface area contributed by atoms with E-state index in [-0.39, 0.29) is 0 Å². The fraction of sp³-hybridized carbons (Fsp3) is 0.500. The lowest BCUT2D eigenvalue weighted by Gasteiger charge is -2.13. The van der Waals surface area contributed by atoms with E-state index in [1.54, 1.807) is 0 Å². The summed E-state index contributed by atoms with van der Waals surface area (Å²) in [4.78, 5) is 8.66. The molecular formula is C12H17N3O. The van der Waals surface area contributed by atoms with Gasteiger partial charge >= 0.3 is 0 Å². The summed E-state index contributed by atoms with van der Waals surface area (Å²) >= 11 is 0. The van der Waals surface area contributed by atoms with E-state index in [0.29, 0.717) is 24.5 Å². The SMILES string of the molecule is CCOc1cc(C)nc(NC2CC=CC2)n1. The van der Waals surface area contributed by atoms with Crippen molar-refractivity contribution in [3.8, 4) is 5.88 Å². The first-order chi connectivity index (χ1) is 7.78. The van der Waals surface area contributed by atoms with Crippen LogP contribution in [0.3, 0.4) is 0 Å². The molecule has 0 amide bonds. The summed E-state index contributed by atoms with van der Waals surface area (Å²) in [6.07, 6.45) is 6.44. The van der Waals surface area contributed by atoms with Gasteiger partial charge < -0.3 is 10.1 Å². The maximum atomic E-state index is 5.39. The highest BCUT2D eigenvalue weighted by Gasteiger charge is 2.12. The van der Waals surface area contributed by atoms with Gasteiger partial charge in [0.2, 0.25) is 11.8 Å². The van der Waals surface area contributed by atoms with Gasteiger partial charge in [-0.05, 0) is 26.7 Å². The van der Waals surface area contributed by atoms with E-state index >= 15 is 0 Å². The van der Waals surface area contributed by atoms with Gasteiger partial charge in [0.15, 0.2) is 0 Å². The number of ether oxygens (including phenoxy) is 1. The second kappa shape index (κ2) is 4.96. The molecule has 1 N–H and O–H groups in total. The molecule has 1 aromatic heterocycles. The summed E-state index contributed by atoms with van der Waals surface area (Å²) in [7, 11) is 0. The lowest BCUT2D eigenvalue weighted by atomic mass is 10.2. The zero-order valence-electron chi connectivity index (χ0n) is 9.73.